The van der Waals surface area contributed by atoms with Gasteiger partial charge in [-0.1, -0.05) is 11.6 Å². The van der Waals surface area contributed by atoms with Crippen LogP contribution < -0.4 is 0 Å². The number of isocyanates is 1. The second-order valence-electron chi connectivity index (χ2n) is 4.94. The molecule has 3 nitrogen and oxygen atoms in total. The van der Waals surface area contributed by atoms with Gasteiger partial charge in [0.15, 0.2) is 0 Å². The number of aromatic nitrogens is 1. The van der Waals surface area contributed by atoms with E-state index in [1.54, 1.807) is 6.08 Å². The first-order valence-electron chi connectivity index (χ1n) is 6.03. The number of benzene rings is 1. The number of hydrogen-bond acceptors (Lipinski definition) is 2. The Morgan fingerprint density at radius 3 is 2.83 bits per heavy atom. The Hall–Kier alpha value is -1.57. The summed E-state index contributed by atoms with van der Waals surface area (Å²) in [5, 5.41) is 1.79. The molecule has 0 aliphatic heterocycles. The zero-order valence-corrected chi connectivity index (χ0v) is 10.8. The summed E-state index contributed by atoms with van der Waals surface area (Å²) in [4.78, 5) is 17.8. The number of rotatable bonds is 2. The van der Waals surface area contributed by atoms with E-state index < -0.39 is 0 Å². The van der Waals surface area contributed by atoms with Crippen LogP contribution in [0.5, 0.6) is 0 Å². The van der Waals surface area contributed by atoms with Crippen molar-refractivity contribution in [1.82, 2.24) is 4.98 Å². The van der Waals surface area contributed by atoms with Crippen molar-refractivity contribution in [3.8, 4) is 0 Å². The average molecular weight is 261 g/mol. The lowest BCUT2D eigenvalue weighted by Gasteiger charge is -2.37. The van der Waals surface area contributed by atoms with Crippen LogP contribution in [0.3, 0.4) is 0 Å². The summed E-state index contributed by atoms with van der Waals surface area (Å²) in [6, 6.07) is 4.01. The lowest BCUT2D eigenvalue weighted by Crippen LogP contribution is -2.31. The van der Waals surface area contributed by atoms with Crippen molar-refractivity contribution in [2.45, 2.75) is 31.7 Å². The molecule has 18 heavy (non-hydrogen) atoms. The molecule has 0 atom stereocenters. The minimum atomic E-state index is -0.386. The van der Waals surface area contributed by atoms with E-state index in [9.17, 15) is 4.79 Å². The fourth-order valence-corrected chi connectivity index (χ4v) is 2.93. The number of fused-ring (bicyclic) bond motifs is 1. The molecule has 1 saturated carbocycles. The highest BCUT2D eigenvalue weighted by Gasteiger charge is 2.39. The average Bonchev–Trinajstić information content (AvgIpc) is 2.66. The number of nitrogens with one attached hydrogen (secondary N) is 1. The standard InChI is InChI=1S/C14H13ClN2O/c1-9-7-16-13-11(9)5-10(6-12(13)15)14(17-8-18)3-2-4-14/h5-7,16H,2-4H2,1H3. The van der Waals surface area contributed by atoms with Gasteiger partial charge in [-0.05, 0) is 49.4 Å². The summed E-state index contributed by atoms with van der Waals surface area (Å²) in [7, 11) is 0. The van der Waals surface area contributed by atoms with Gasteiger partial charge in [0, 0.05) is 11.6 Å². The number of hydrogen-bond donors (Lipinski definition) is 1. The predicted octanol–water partition coefficient (Wildman–Crippen LogP) is 3.84. The number of aromatic amines is 1. The van der Waals surface area contributed by atoms with E-state index in [4.69, 9.17) is 11.6 Å². The fourth-order valence-electron chi connectivity index (χ4n) is 2.66. The van der Waals surface area contributed by atoms with Crippen molar-refractivity contribution in [3.05, 3.63) is 34.5 Å². The molecule has 0 spiro atoms. The number of aliphatic imine (C=N–C) groups is 1. The molecular formula is C14H13ClN2O. The maximum atomic E-state index is 10.6. The third kappa shape index (κ3) is 1.52. The van der Waals surface area contributed by atoms with Gasteiger partial charge in [0.2, 0.25) is 6.08 Å². The molecule has 1 aromatic carbocycles. The molecule has 2 aromatic rings. The van der Waals surface area contributed by atoms with Crippen LogP contribution >= 0.6 is 11.6 Å². The number of aryl methyl sites for hydroxylation is 1. The van der Waals surface area contributed by atoms with Gasteiger partial charge in [0.25, 0.3) is 0 Å². The zero-order chi connectivity index (χ0) is 12.8. The van der Waals surface area contributed by atoms with Gasteiger partial charge in [0.05, 0.1) is 16.1 Å². The van der Waals surface area contributed by atoms with E-state index in [1.165, 1.54) is 0 Å². The van der Waals surface area contributed by atoms with E-state index in [-0.39, 0.29) is 5.54 Å². The third-order valence-corrected chi connectivity index (χ3v) is 4.22. The van der Waals surface area contributed by atoms with Crippen LogP contribution in [0.15, 0.2) is 23.3 Å². The Morgan fingerprint density at radius 2 is 2.22 bits per heavy atom. The molecule has 1 N–H and O–H groups in total. The van der Waals surface area contributed by atoms with Gasteiger partial charge in [0.1, 0.15) is 0 Å². The van der Waals surface area contributed by atoms with Gasteiger partial charge in [-0.2, -0.15) is 4.99 Å². The highest BCUT2D eigenvalue weighted by molar-refractivity contribution is 6.35. The Balaban J connectivity index is 2.23. The summed E-state index contributed by atoms with van der Waals surface area (Å²) in [6.07, 6.45) is 6.53. The van der Waals surface area contributed by atoms with Crippen molar-refractivity contribution >= 4 is 28.6 Å². The van der Waals surface area contributed by atoms with Crippen molar-refractivity contribution in [1.29, 1.82) is 0 Å². The Bertz CT molecular complexity index is 664. The topological polar surface area (TPSA) is 45.2 Å². The van der Waals surface area contributed by atoms with Crippen molar-refractivity contribution < 1.29 is 4.79 Å². The fraction of sp³-hybridized carbons (Fsp3) is 0.357. The third-order valence-electron chi connectivity index (χ3n) is 3.93. The minimum Gasteiger partial charge on any atom is -0.360 e. The first kappa shape index (κ1) is 11.5. The quantitative estimate of drug-likeness (QED) is 0.647. The summed E-state index contributed by atoms with van der Waals surface area (Å²) in [5.41, 5.74) is 2.74. The summed E-state index contributed by atoms with van der Waals surface area (Å²) in [6.45, 7) is 2.04. The molecule has 0 saturated heterocycles. The molecule has 1 fully saturated rings. The van der Waals surface area contributed by atoms with Crippen LogP contribution in [0.2, 0.25) is 5.02 Å². The van der Waals surface area contributed by atoms with E-state index in [0.717, 1.165) is 41.3 Å². The number of H-pyrrole nitrogens is 1. The van der Waals surface area contributed by atoms with Crippen molar-refractivity contribution in [2.75, 3.05) is 0 Å². The molecule has 0 unspecified atom stereocenters. The molecule has 0 bridgehead atoms. The number of nitrogens with zero attached hydrogens (tertiary/aromatic N) is 1. The largest absolute Gasteiger partial charge is 0.360 e. The first-order valence-corrected chi connectivity index (χ1v) is 6.41. The smallest absolute Gasteiger partial charge is 0.235 e. The Labute approximate surface area is 110 Å². The van der Waals surface area contributed by atoms with Gasteiger partial charge in [-0.25, -0.2) is 4.79 Å². The second-order valence-corrected chi connectivity index (χ2v) is 5.35. The van der Waals surface area contributed by atoms with E-state index in [1.807, 2.05) is 19.2 Å². The van der Waals surface area contributed by atoms with Crippen LogP contribution in [0.25, 0.3) is 10.9 Å². The van der Waals surface area contributed by atoms with Crippen molar-refractivity contribution in [2.24, 2.45) is 4.99 Å². The molecule has 0 amide bonds. The van der Waals surface area contributed by atoms with Crippen LogP contribution in [-0.4, -0.2) is 11.1 Å². The summed E-state index contributed by atoms with van der Waals surface area (Å²) < 4.78 is 0. The molecule has 1 aliphatic rings. The predicted molar refractivity (Wildman–Crippen MR) is 71.7 cm³/mol. The maximum Gasteiger partial charge on any atom is 0.235 e. The highest BCUT2D eigenvalue weighted by Crippen LogP contribution is 2.46. The number of halogens is 1. The molecule has 4 heteroatoms. The Kier molecular flexibility index (Phi) is 2.54. The molecule has 0 radical (unpaired) electrons. The molecule has 1 heterocycles. The van der Waals surface area contributed by atoms with Crippen LogP contribution in [-0.2, 0) is 10.3 Å². The Morgan fingerprint density at radius 1 is 1.44 bits per heavy atom. The highest BCUT2D eigenvalue weighted by atomic mass is 35.5. The van der Waals surface area contributed by atoms with Crippen LogP contribution in [0.1, 0.15) is 30.4 Å². The molecule has 92 valence electrons. The van der Waals surface area contributed by atoms with Crippen LogP contribution in [0.4, 0.5) is 0 Å². The van der Waals surface area contributed by atoms with E-state index in [2.05, 4.69) is 16.0 Å². The lowest BCUT2D eigenvalue weighted by molar-refractivity contribution is 0.256. The summed E-state index contributed by atoms with van der Waals surface area (Å²) >= 11 is 6.29. The molecule has 1 aromatic heterocycles. The first-order chi connectivity index (χ1) is 8.66. The summed E-state index contributed by atoms with van der Waals surface area (Å²) in [5.74, 6) is 0. The maximum absolute atomic E-state index is 10.6. The molecule has 1 aliphatic carbocycles. The zero-order valence-electron chi connectivity index (χ0n) is 10.1. The van der Waals surface area contributed by atoms with Crippen molar-refractivity contribution in [3.63, 3.8) is 0 Å². The molecule has 3 rings (SSSR count). The van der Waals surface area contributed by atoms with Gasteiger partial charge >= 0.3 is 0 Å². The monoisotopic (exact) mass is 260 g/mol. The lowest BCUT2D eigenvalue weighted by atomic mass is 9.72. The molecular weight excluding hydrogens is 248 g/mol. The minimum absolute atomic E-state index is 0.386. The second kappa shape index (κ2) is 3.98. The number of carbonyl (C=O) groups excluding carboxylic acids is 1. The van der Waals surface area contributed by atoms with Gasteiger partial charge in [-0.15, -0.1) is 0 Å². The van der Waals surface area contributed by atoms with Gasteiger partial charge in [-0.3, -0.25) is 0 Å². The normalized spacial score (nSPS) is 17.2. The van der Waals surface area contributed by atoms with Gasteiger partial charge < -0.3 is 4.98 Å². The van der Waals surface area contributed by atoms with Crippen LogP contribution in [0, 0.1) is 6.92 Å². The van der Waals surface area contributed by atoms with E-state index in [0.29, 0.717) is 5.02 Å². The van der Waals surface area contributed by atoms with E-state index >= 15 is 0 Å². The SMILES string of the molecule is Cc1c[nH]c2c(Cl)cc(C3(N=C=O)CCC3)cc12.